The highest BCUT2D eigenvalue weighted by Gasteiger charge is 2.10. The van der Waals surface area contributed by atoms with Crippen molar-refractivity contribution in [1.29, 1.82) is 0 Å². The zero-order valence-electron chi connectivity index (χ0n) is 10.4. The summed E-state index contributed by atoms with van der Waals surface area (Å²) in [6.45, 7) is 3.26. The van der Waals surface area contributed by atoms with Crippen LogP contribution in [0, 0.1) is 0 Å². The van der Waals surface area contributed by atoms with Gasteiger partial charge in [0.05, 0.1) is 32.0 Å². The number of carbonyl (C=O) groups excluding carboxylic acids is 1. The molecule has 0 aliphatic heterocycles. The Kier molecular flexibility index (Phi) is 6.83. The zero-order chi connectivity index (χ0) is 13.2. The maximum absolute atomic E-state index is 10.9. The van der Waals surface area contributed by atoms with Crippen LogP contribution >= 0.6 is 0 Å². The van der Waals surface area contributed by atoms with E-state index >= 15 is 0 Å². The molecule has 1 rings (SSSR count). The average molecular weight is 254 g/mol. The van der Waals surface area contributed by atoms with E-state index in [9.17, 15) is 4.79 Å². The molecule has 0 bridgehead atoms. The van der Waals surface area contributed by atoms with E-state index in [0.29, 0.717) is 36.9 Å². The molecule has 1 N–H and O–H groups in total. The van der Waals surface area contributed by atoms with Crippen molar-refractivity contribution >= 4 is 6.29 Å². The third kappa shape index (κ3) is 4.35. The first kappa shape index (κ1) is 14.5. The Morgan fingerprint density at radius 1 is 1.22 bits per heavy atom. The number of carbonyl (C=O) groups is 1. The Balaban J connectivity index is 2.62. The summed E-state index contributed by atoms with van der Waals surface area (Å²) in [4.78, 5) is 10.9. The highest BCUT2D eigenvalue weighted by Crippen LogP contribution is 2.30. The van der Waals surface area contributed by atoms with E-state index in [1.165, 1.54) is 0 Å². The van der Waals surface area contributed by atoms with E-state index in [1.807, 2.05) is 6.92 Å². The third-order valence-corrected chi connectivity index (χ3v) is 2.15. The van der Waals surface area contributed by atoms with Crippen molar-refractivity contribution in [2.45, 2.75) is 6.92 Å². The fourth-order valence-corrected chi connectivity index (χ4v) is 1.42. The number of hydrogen-bond acceptors (Lipinski definition) is 5. The number of hydrogen-bond donors (Lipinski definition) is 1. The second-order valence-electron chi connectivity index (χ2n) is 3.41. The summed E-state index contributed by atoms with van der Waals surface area (Å²) in [7, 11) is 0. The van der Waals surface area contributed by atoms with Crippen molar-refractivity contribution in [2.24, 2.45) is 0 Å². The minimum Gasteiger partial charge on any atom is -0.490 e. The summed E-state index contributed by atoms with van der Waals surface area (Å²) in [6, 6.07) is 5.16. The van der Waals surface area contributed by atoms with E-state index in [0.717, 1.165) is 6.29 Å². The highest BCUT2D eigenvalue weighted by atomic mass is 16.5. The van der Waals surface area contributed by atoms with E-state index in [2.05, 4.69) is 0 Å². The molecule has 0 aliphatic rings. The van der Waals surface area contributed by atoms with E-state index in [-0.39, 0.29) is 13.2 Å². The monoisotopic (exact) mass is 254 g/mol. The summed E-state index contributed by atoms with van der Waals surface area (Å²) < 4.78 is 16.0. The molecular weight excluding hydrogens is 236 g/mol. The number of benzene rings is 1. The van der Waals surface area contributed by atoms with Crippen molar-refractivity contribution < 1.29 is 24.1 Å². The van der Waals surface area contributed by atoms with Crippen LogP contribution < -0.4 is 9.47 Å². The minimum atomic E-state index is -0.0187. The normalized spacial score (nSPS) is 10.1. The van der Waals surface area contributed by atoms with Crippen molar-refractivity contribution in [3.63, 3.8) is 0 Å². The molecule has 0 amide bonds. The van der Waals surface area contributed by atoms with Gasteiger partial charge >= 0.3 is 0 Å². The fourth-order valence-electron chi connectivity index (χ4n) is 1.42. The van der Waals surface area contributed by atoms with Crippen molar-refractivity contribution in [3.8, 4) is 11.5 Å². The van der Waals surface area contributed by atoms with Gasteiger partial charge in [0.15, 0.2) is 17.8 Å². The van der Waals surface area contributed by atoms with Gasteiger partial charge in [-0.3, -0.25) is 4.79 Å². The Hall–Kier alpha value is -1.59. The topological polar surface area (TPSA) is 65.0 Å². The maximum Gasteiger partial charge on any atom is 0.171 e. The number of aldehydes is 1. The standard InChI is InChI=1S/C13H18O5/c1-2-17-12-5-3-4-11(10-15)13(12)18-9-8-16-7-6-14/h3-5,10,14H,2,6-9H2,1H3. The first-order chi connectivity index (χ1) is 8.83. The third-order valence-electron chi connectivity index (χ3n) is 2.15. The van der Waals surface area contributed by atoms with Gasteiger partial charge in [0.25, 0.3) is 0 Å². The molecular formula is C13H18O5. The van der Waals surface area contributed by atoms with Gasteiger partial charge in [-0.1, -0.05) is 6.07 Å². The quantitative estimate of drug-likeness (QED) is 0.531. The lowest BCUT2D eigenvalue weighted by Gasteiger charge is -2.13. The molecule has 0 radical (unpaired) electrons. The van der Waals surface area contributed by atoms with Crippen LogP contribution in [0.2, 0.25) is 0 Å². The van der Waals surface area contributed by atoms with Gasteiger partial charge in [-0.15, -0.1) is 0 Å². The molecule has 100 valence electrons. The number of ether oxygens (including phenoxy) is 3. The molecule has 0 aromatic heterocycles. The lowest BCUT2D eigenvalue weighted by Crippen LogP contribution is -2.10. The first-order valence-electron chi connectivity index (χ1n) is 5.85. The largest absolute Gasteiger partial charge is 0.490 e. The number of aliphatic hydroxyl groups excluding tert-OH is 1. The molecule has 0 fully saturated rings. The van der Waals surface area contributed by atoms with Gasteiger partial charge in [-0.25, -0.2) is 0 Å². The second-order valence-corrected chi connectivity index (χ2v) is 3.41. The van der Waals surface area contributed by atoms with Gasteiger partial charge < -0.3 is 19.3 Å². The lowest BCUT2D eigenvalue weighted by atomic mass is 10.2. The maximum atomic E-state index is 10.9. The molecule has 18 heavy (non-hydrogen) atoms. The molecule has 1 aromatic carbocycles. The SMILES string of the molecule is CCOc1cccc(C=O)c1OCCOCCO. The summed E-state index contributed by atoms with van der Waals surface area (Å²) in [5.74, 6) is 0.978. The van der Waals surface area contributed by atoms with Gasteiger partial charge in [-0.05, 0) is 19.1 Å². The van der Waals surface area contributed by atoms with Crippen LogP contribution in [-0.2, 0) is 4.74 Å². The van der Waals surface area contributed by atoms with Gasteiger partial charge in [-0.2, -0.15) is 0 Å². The van der Waals surface area contributed by atoms with Crippen LogP contribution in [0.25, 0.3) is 0 Å². The minimum absolute atomic E-state index is 0.0187. The number of aliphatic hydroxyl groups is 1. The van der Waals surface area contributed by atoms with Crippen LogP contribution in [-0.4, -0.2) is 44.4 Å². The Morgan fingerprint density at radius 3 is 2.72 bits per heavy atom. The van der Waals surface area contributed by atoms with Crippen LogP contribution in [0.5, 0.6) is 11.5 Å². The van der Waals surface area contributed by atoms with Crippen molar-refractivity contribution in [2.75, 3.05) is 33.0 Å². The number of para-hydroxylation sites is 1. The van der Waals surface area contributed by atoms with Crippen LogP contribution in [0.3, 0.4) is 0 Å². The smallest absolute Gasteiger partial charge is 0.171 e. The predicted molar refractivity (Wildman–Crippen MR) is 66.4 cm³/mol. The van der Waals surface area contributed by atoms with Crippen molar-refractivity contribution in [3.05, 3.63) is 23.8 Å². The predicted octanol–water partition coefficient (Wildman–Crippen LogP) is 1.29. The van der Waals surface area contributed by atoms with E-state index in [1.54, 1.807) is 18.2 Å². The molecule has 0 atom stereocenters. The van der Waals surface area contributed by atoms with Crippen molar-refractivity contribution in [1.82, 2.24) is 0 Å². The molecule has 0 unspecified atom stereocenters. The molecule has 0 spiro atoms. The summed E-state index contributed by atoms with van der Waals surface area (Å²) in [6.07, 6.45) is 0.729. The zero-order valence-corrected chi connectivity index (χ0v) is 10.4. The van der Waals surface area contributed by atoms with Crippen LogP contribution in [0.4, 0.5) is 0 Å². The second kappa shape index (κ2) is 8.49. The van der Waals surface area contributed by atoms with E-state index in [4.69, 9.17) is 19.3 Å². The molecule has 0 aliphatic carbocycles. The molecule has 5 heteroatoms. The van der Waals surface area contributed by atoms with Crippen LogP contribution in [0.1, 0.15) is 17.3 Å². The van der Waals surface area contributed by atoms with Gasteiger partial charge in [0.1, 0.15) is 6.61 Å². The molecule has 0 saturated heterocycles. The summed E-state index contributed by atoms with van der Waals surface area (Å²) >= 11 is 0. The average Bonchev–Trinajstić information content (AvgIpc) is 2.40. The first-order valence-corrected chi connectivity index (χ1v) is 5.85. The van der Waals surface area contributed by atoms with Gasteiger partial charge in [0.2, 0.25) is 0 Å². The molecule has 5 nitrogen and oxygen atoms in total. The highest BCUT2D eigenvalue weighted by molar-refractivity contribution is 5.81. The Labute approximate surface area is 106 Å². The Morgan fingerprint density at radius 2 is 2.06 bits per heavy atom. The number of rotatable bonds is 9. The summed E-state index contributed by atoms with van der Waals surface area (Å²) in [5, 5.41) is 8.55. The summed E-state index contributed by atoms with van der Waals surface area (Å²) in [5.41, 5.74) is 0.447. The lowest BCUT2D eigenvalue weighted by molar-refractivity contribution is 0.0694. The van der Waals surface area contributed by atoms with Crippen LogP contribution in [0.15, 0.2) is 18.2 Å². The molecule has 0 heterocycles. The van der Waals surface area contributed by atoms with Gasteiger partial charge in [0, 0.05) is 0 Å². The molecule has 1 aromatic rings. The Bertz CT molecular complexity index is 364. The molecule has 0 saturated carbocycles. The fraction of sp³-hybridized carbons (Fsp3) is 0.462. The van der Waals surface area contributed by atoms with E-state index < -0.39 is 0 Å².